The molecule has 26 heavy (non-hydrogen) atoms. The Morgan fingerprint density at radius 3 is 2.65 bits per heavy atom. The number of carbonyl (C=O) groups excluding carboxylic acids is 2. The first kappa shape index (κ1) is 22.8. The zero-order valence-electron chi connectivity index (χ0n) is 16.4. The molecule has 1 fully saturated rings. The van der Waals surface area contributed by atoms with Gasteiger partial charge in [-0.3, -0.25) is 9.59 Å². The van der Waals surface area contributed by atoms with Crippen molar-refractivity contribution < 1.29 is 24.5 Å². The number of aliphatic hydroxyl groups is 2. The van der Waals surface area contributed by atoms with Gasteiger partial charge in [-0.25, -0.2) is 0 Å². The van der Waals surface area contributed by atoms with E-state index >= 15 is 0 Å². The number of esters is 1. The van der Waals surface area contributed by atoms with Gasteiger partial charge in [0.15, 0.2) is 0 Å². The zero-order chi connectivity index (χ0) is 19.4. The van der Waals surface area contributed by atoms with Crippen LogP contribution in [0.5, 0.6) is 0 Å². The minimum absolute atomic E-state index is 0.127. The highest BCUT2D eigenvalue weighted by Crippen LogP contribution is 2.34. The smallest absolute Gasteiger partial charge is 0.305 e. The highest BCUT2D eigenvalue weighted by atomic mass is 16.5. The third kappa shape index (κ3) is 8.45. The summed E-state index contributed by atoms with van der Waals surface area (Å²) < 4.78 is 4.62. The Labute approximate surface area is 157 Å². The number of ketones is 1. The van der Waals surface area contributed by atoms with Crippen LogP contribution < -0.4 is 0 Å². The number of carbonyl (C=O) groups is 2. The lowest BCUT2D eigenvalue weighted by Crippen LogP contribution is -2.19. The van der Waals surface area contributed by atoms with E-state index in [1.807, 2.05) is 6.08 Å². The van der Waals surface area contributed by atoms with E-state index in [9.17, 15) is 19.8 Å². The molecule has 5 heteroatoms. The molecule has 5 nitrogen and oxygen atoms in total. The third-order valence-electron chi connectivity index (χ3n) is 5.27. The van der Waals surface area contributed by atoms with Gasteiger partial charge in [0, 0.05) is 24.7 Å². The van der Waals surface area contributed by atoms with E-state index in [-0.39, 0.29) is 30.0 Å². The maximum absolute atomic E-state index is 12.2. The van der Waals surface area contributed by atoms with E-state index in [1.165, 1.54) is 7.11 Å². The predicted octanol–water partition coefficient (Wildman–Crippen LogP) is 3.56. The molecule has 1 aliphatic carbocycles. The second kappa shape index (κ2) is 13.0. The van der Waals surface area contributed by atoms with Gasteiger partial charge in [0.1, 0.15) is 5.78 Å². The number of Topliss-reactive ketones (excluding diaryl/α,β-unsaturated/α-hetero) is 1. The molecule has 2 N–H and O–H groups in total. The first-order valence-corrected chi connectivity index (χ1v) is 10.1. The standard InChI is InChI=1S/C21H36O5/c1-3-4-7-10-16(22)13-14-18-17(19(23)15-20(18)24)11-8-5-6-9-12-21(25)26-2/h13-14,16-18,20,22,24H,3-12,15H2,1-2H3/b14-13+/t16-,17+,18?,20?/m0/s1. The van der Waals surface area contributed by atoms with Crippen molar-refractivity contribution in [2.45, 2.75) is 89.8 Å². The molecular weight excluding hydrogens is 332 g/mol. The molecule has 150 valence electrons. The van der Waals surface area contributed by atoms with Crippen LogP contribution in [-0.2, 0) is 14.3 Å². The van der Waals surface area contributed by atoms with Crippen LogP contribution in [0.15, 0.2) is 12.2 Å². The molecule has 1 rings (SSSR count). The summed E-state index contributed by atoms with van der Waals surface area (Å²) in [7, 11) is 1.40. The summed E-state index contributed by atoms with van der Waals surface area (Å²) in [6, 6.07) is 0. The summed E-state index contributed by atoms with van der Waals surface area (Å²) >= 11 is 0. The number of methoxy groups -OCH3 is 1. The predicted molar refractivity (Wildman–Crippen MR) is 102 cm³/mol. The fourth-order valence-electron chi connectivity index (χ4n) is 3.64. The largest absolute Gasteiger partial charge is 0.469 e. The molecule has 0 aromatic rings. The van der Waals surface area contributed by atoms with Gasteiger partial charge in [0.2, 0.25) is 0 Å². The van der Waals surface area contributed by atoms with Crippen molar-refractivity contribution >= 4 is 11.8 Å². The summed E-state index contributed by atoms with van der Waals surface area (Å²) in [5, 5.41) is 20.2. The monoisotopic (exact) mass is 368 g/mol. The second-order valence-electron chi connectivity index (χ2n) is 7.40. The SMILES string of the molecule is CCCCC[C@H](O)/C=C/C1C(O)CC(=O)[C@@H]1CCCCCCC(=O)OC. The van der Waals surface area contributed by atoms with Crippen LogP contribution in [0.25, 0.3) is 0 Å². The van der Waals surface area contributed by atoms with Crippen LogP contribution in [0.4, 0.5) is 0 Å². The first-order chi connectivity index (χ1) is 12.5. The molecule has 0 aromatic heterocycles. The lowest BCUT2D eigenvalue weighted by Gasteiger charge is -2.18. The Balaban J connectivity index is 2.37. The molecule has 0 saturated heterocycles. The minimum atomic E-state index is -0.633. The molecule has 2 unspecified atom stereocenters. The van der Waals surface area contributed by atoms with Gasteiger partial charge in [-0.15, -0.1) is 0 Å². The van der Waals surface area contributed by atoms with Gasteiger partial charge < -0.3 is 14.9 Å². The average Bonchev–Trinajstić information content (AvgIpc) is 2.89. The molecule has 1 saturated carbocycles. The quantitative estimate of drug-likeness (QED) is 0.295. The van der Waals surface area contributed by atoms with Crippen LogP contribution in [0.2, 0.25) is 0 Å². The number of rotatable bonds is 13. The molecular formula is C21H36O5. The summed E-state index contributed by atoms with van der Waals surface area (Å²) in [6.07, 6.45) is 11.5. The normalized spacial score (nSPS) is 24.3. The average molecular weight is 369 g/mol. The van der Waals surface area contributed by atoms with Gasteiger partial charge in [-0.05, 0) is 19.3 Å². The third-order valence-corrected chi connectivity index (χ3v) is 5.27. The van der Waals surface area contributed by atoms with Crippen molar-refractivity contribution in [2.75, 3.05) is 7.11 Å². The maximum Gasteiger partial charge on any atom is 0.305 e. The van der Waals surface area contributed by atoms with Crippen LogP contribution in [-0.4, -0.2) is 41.3 Å². The van der Waals surface area contributed by atoms with Crippen LogP contribution in [0.3, 0.4) is 0 Å². The van der Waals surface area contributed by atoms with Gasteiger partial charge in [0.05, 0.1) is 19.3 Å². The molecule has 0 aromatic carbocycles. The maximum atomic E-state index is 12.2. The highest BCUT2D eigenvalue weighted by molar-refractivity contribution is 5.84. The van der Waals surface area contributed by atoms with Crippen LogP contribution in [0, 0.1) is 11.8 Å². The first-order valence-electron chi connectivity index (χ1n) is 10.1. The van der Waals surface area contributed by atoms with E-state index in [1.54, 1.807) is 6.08 Å². The molecule has 1 aliphatic rings. The molecule has 0 heterocycles. The van der Waals surface area contributed by atoms with Gasteiger partial charge >= 0.3 is 5.97 Å². The fraction of sp³-hybridized carbons (Fsp3) is 0.810. The summed E-state index contributed by atoms with van der Waals surface area (Å²) in [6.45, 7) is 2.13. The summed E-state index contributed by atoms with van der Waals surface area (Å²) in [4.78, 5) is 23.2. The highest BCUT2D eigenvalue weighted by Gasteiger charge is 2.39. The van der Waals surface area contributed by atoms with Crippen molar-refractivity contribution in [3.63, 3.8) is 0 Å². The lowest BCUT2D eigenvalue weighted by atomic mass is 9.88. The molecule has 0 aliphatic heterocycles. The molecule has 4 atom stereocenters. The van der Waals surface area contributed by atoms with Crippen LogP contribution >= 0.6 is 0 Å². The topological polar surface area (TPSA) is 83.8 Å². The lowest BCUT2D eigenvalue weighted by molar-refractivity contribution is -0.140. The van der Waals surface area contributed by atoms with E-state index in [4.69, 9.17) is 0 Å². The zero-order valence-corrected chi connectivity index (χ0v) is 16.4. The van der Waals surface area contributed by atoms with E-state index < -0.39 is 12.2 Å². The molecule has 0 bridgehead atoms. The van der Waals surface area contributed by atoms with Crippen molar-refractivity contribution in [1.82, 2.24) is 0 Å². The fourth-order valence-corrected chi connectivity index (χ4v) is 3.64. The van der Waals surface area contributed by atoms with Gasteiger partial charge in [-0.2, -0.15) is 0 Å². The van der Waals surface area contributed by atoms with Crippen molar-refractivity contribution in [3.05, 3.63) is 12.2 Å². The van der Waals surface area contributed by atoms with Crippen molar-refractivity contribution in [3.8, 4) is 0 Å². The van der Waals surface area contributed by atoms with E-state index in [0.29, 0.717) is 6.42 Å². The van der Waals surface area contributed by atoms with Crippen molar-refractivity contribution in [1.29, 1.82) is 0 Å². The Morgan fingerprint density at radius 2 is 1.96 bits per heavy atom. The van der Waals surface area contributed by atoms with Gasteiger partial charge in [0.25, 0.3) is 0 Å². The van der Waals surface area contributed by atoms with Gasteiger partial charge in [-0.1, -0.05) is 57.6 Å². The Morgan fingerprint density at radius 1 is 1.23 bits per heavy atom. The number of hydrogen-bond acceptors (Lipinski definition) is 5. The Hall–Kier alpha value is -1.20. The summed E-state index contributed by atoms with van der Waals surface area (Å²) in [5.74, 6) is -0.382. The Kier molecular flexibility index (Phi) is 11.5. The number of ether oxygens (including phenoxy) is 1. The number of unbranched alkanes of at least 4 members (excludes halogenated alkanes) is 5. The van der Waals surface area contributed by atoms with E-state index in [0.717, 1.165) is 57.8 Å². The molecule has 0 amide bonds. The Bertz CT molecular complexity index is 446. The van der Waals surface area contributed by atoms with Crippen molar-refractivity contribution in [2.24, 2.45) is 11.8 Å². The number of aliphatic hydroxyl groups excluding tert-OH is 2. The molecule has 0 radical (unpaired) electrons. The summed E-state index contributed by atoms with van der Waals surface area (Å²) in [5.41, 5.74) is 0. The van der Waals surface area contributed by atoms with E-state index in [2.05, 4.69) is 11.7 Å². The minimum Gasteiger partial charge on any atom is -0.469 e. The van der Waals surface area contributed by atoms with Crippen LogP contribution in [0.1, 0.15) is 77.6 Å². The molecule has 0 spiro atoms. The second-order valence-corrected chi connectivity index (χ2v) is 7.40. The number of hydrogen-bond donors (Lipinski definition) is 2.